The lowest BCUT2D eigenvalue weighted by atomic mass is 9.89. The molecule has 0 atom stereocenters. The first-order chi connectivity index (χ1) is 10.6. The van der Waals surface area contributed by atoms with Gasteiger partial charge in [0.2, 0.25) is 11.8 Å². The van der Waals surface area contributed by atoms with E-state index in [0.717, 1.165) is 31.2 Å². The van der Waals surface area contributed by atoms with E-state index >= 15 is 0 Å². The molecule has 1 aromatic carbocycles. The van der Waals surface area contributed by atoms with Crippen LogP contribution in [0.1, 0.15) is 37.7 Å². The molecule has 2 amide bonds. The van der Waals surface area contributed by atoms with Crippen LogP contribution in [0.5, 0.6) is 0 Å². The Balaban J connectivity index is 1.60. The highest BCUT2D eigenvalue weighted by molar-refractivity contribution is 6.30. The SMILES string of the molecule is O=C(Cc1ccc(Cl)cc1)NCCNC(=O)C1CCCCC1. The van der Waals surface area contributed by atoms with E-state index in [1.807, 2.05) is 12.1 Å². The van der Waals surface area contributed by atoms with Crippen LogP contribution in [0, 0.1) is 5.92 Å². The third kappa shape index (κ3) is 5.68. The molecule has 0 radical (unpaired) electrons. The topological polar surface area (TPSA) is 58.2 Å². The maximum absolute atomic E-state index is 11.9. The number of benzene rings is 1. The summed E-state index contributed by atoms with van der Waals surface area (Å²) in [4.78, 5) is 23.7. The Kier molecular flexibility index (Phi) is 6.72. The summed E-state index contributed by atoms with van der Waals surface area (Å²) in [5.41, 5.74) is 0.924. The summed E-state index contributed by atoms with van der Waals surface area (Å²) in [7, 11) is 0. The minimum atomic E-state index is -0.0470. The Hall–Kier alpha value is -1.55. The van der Waals surface area contributed by atoms with Crippen LogP contribution in [0.4, 0.5) is 0 Å². The summed E-state index contributed by atoms with van der Waals surface area (Å²) in [6, 6.07) is 7.22. The lowest BCUT2D eigenvalue weighted by Crippen LogP contribution is -2.38. The van der Waals surface area contributed by atoms with E-state index in [2.05, 4.69) is 10.6 Å². The van der Waals surface area contributed by atoms with Crippen molar-refractivity contribution in [3.63, 3.8) is 0 Å². The van der Waals surface area contributed by atoms with E-state index in [0.29, 0.717) is 24.5 Å². The molecule has 0 unspecified atom stereocenters. The molecule has 1 aliphatic rings. The summed E-state index contributed by atoms with van der Waals surface area (Å²) in [5.74, 6) is 0.249. The fourth-order valence-corrected chi connectivity index (χ4v) is 2.87. The quantitative estimate of drug-likeness (QED) is 0.791. The molecular formula is C17H23ClN2O2. The standard InChI is InChI=1S/C17H23ClN2O2/c18-15-8-6-13(7-9-15)12-16(21)19-10-11-20-17(22)14-4-2-1-3-5-14/h6-9,14H,1-5,10-12H2,(H,19,21)(H,20,22). The zero-order chi connectivity index (χ0) is 15.8. The van der Waals surface area contributed by atoms with Crippen molar-refractivity contribution in [2.24, 2.45) is 5.92 Å². The van der Waals surface area contributed by atoms with Crippen LogP contribution in [0.3, 0.4) is 0 Å². The van der Waals surface area contributed by atoms with Crippen molar-refractivity contribution in [2.75, 3.05) is 13.1 Å². The summed E-state index contributed by atoms with van der Waals surface area (Å²) in [6.45, 7) is 0.951. The van der Waals surface area contributed by atoms with Gasteiger partial charge in [-0.25, -0.2) is 0 Å². The number of hydrogen-bond donors (Lipinski definition) is 2. The van der Waals surface area contributed by atoms with Gasteiger partial charge in [-0.15, -0.1) is 0 Å². The first-order valence-corrected chi connectivity index (χ1v) is 8.32. The molecule has 0 saturated heterocycles. The first-order valence-electron chi connectivity index (χ1n) is 7.94. The molecule has 1 saturated carbocycles. The van der Waals surface area contributed by atoms with E-state index < -0.39 is 0 Å². The maximum Gasteiger partial charge on any atom is 0.224 e. The molecule has 1 aliphatic carbocycles. The van der Waals surface area contributed by atoms with Crippen LogP contribution in [0.25, 0.3) is 0 Å². The van der Waals surface area contributed by atoms with Gasteiger partial charge in [0.25, 0.3) is 0 Å². The lowest BCUT2D eigenvalue weighted by Gasteiger charge is -2.20. The zero-order valence-electron chi connectivity index (χ0n) is 12.7. The van der Waals surface area contributed by atoms with Gasteiger partial charge in [-0.2, -0.15) is 0 Å². The van der Waals surface area contributed by atoms with E-state index in [9.17, 15) is 9.59 Å². The fraction of sp³-hybridized carbons (Fsp3) is 0.529. The molecule has 0 bridgehead atoms. The summed E-state index contributed by atoms with van der Waals surface area (Å²) < 4.78 is 0. The average molecular weight is 323 g/mol. The number of rotatable bonds is 6. The van der Waals surface area contributed by atoms with Crippen molar-refractivity contribution >= 4 is 23.4 Å². The van der Waals surface area contributed by atoms with E-state index in [1.165, 1.54) is 6.42 Å². The predicted molar refractivity (Wildman–Crippen MR) is 87.8 cm³/mol. The zero-order valence-corrected chi connectivity index (χ0v) is 13.5. The van der Waals surface area contributed by atoms with Crippen molar-refractivity contribution in [3.05, 3.63) is 34.9 Å². The molecule has 2 N–H and O–H groups in total. The minimum absolute atomic E-state index is 0.0470. The normalized spacial score (nSPS) is 15.3. The van der Waals surface area contributed by atoms with E-state index in [-0.39, 0.29) is 17.7 Å². The molecule has 4 nitrogen and oxygen atoms in total. The summed E-state index contributed by atoms with van der Waals surface area (Å²) >= 11 is 5.80. The smallest absolute Gasteiger partial charge is 0.224 e. The molecule has 0 aromatic heterocycles. The Bertz CT molecular complexity index is 496. The highest BCUT2D eigenvalue weighted by Crippen LogP contribution is 2.23. The van der Waals surface area contributed by atoms with Crippen LogP contribution >= 0.6 is 11.6 Å². The van der Waals surface area contributed by atoms with Crippen molar-refractivity contribution in [1.82, 2.24) is 10.6 Å². The molecular weight excluding hydrogens is 300 g/mol. The molecule has 0 aliphatic heterocycles. The molecule has 22 heavy (non-hydrogen) atoms. The third-order valence-electron chi connectivity index (χ3n) is 4.00. The monoisotopic (exact) mass is 322 g/mol. The van der Waals surface area contributed by atoms with Crippen LogP contribution in [-0.2, 0) is 16.0 Å². The number of halogens is 1. The van der Waals surface area contributed by atoms with Crippen LogP contribution in [0.15, 0.2) is 24.3 Å². The van der Waals surface area contributed by atoms with E-state index in [1.54, 1.807) is 12.1 Å². The second-order valence-electron chi connectivity index (χ2n) is 5.78. The Morgan fingerprint density at radius 2 is 1.64 bits per heavy atom. The highest BCUT2D eigenvalue weighted by Gasteiger charge is 2.20. The van der Waals surface area contributed by atoms with Crippen LogP contribution in [0.2, 0.25) is 5.02 Å². The van der Waals surface area contributed by atoms with Gasteiger partial charge in [-0.3, -0.25) is 9.59 Å². The van der Waals surface area contributed by atoms with Gasteiger partial charge < -0.3 is 10.6 Å². The number of carbonyl (C=O) groups excluding carboxylic acids is 2. The molecule has 120 valence electrons. The van der Waals surface area contributed by atoms with Gasteiger partial charge in [0, 0.05) is 24.0 Å². The molecule has 0 heterocycles. The number of nitrogens with one attached hydrogen (secondary N) is 2. The van der Waals surface area contributed by atoms with Crippen molar-refractivity contribution in [3.8, 4) is 0 Å². The van der Waals surface area contributed by atoms with Crippen molar-refractivity contribution < 1.29 is 9.59 Å². The average Bonchev–Trinajstić information content (AvgIpc) is 2.54. The third-order valence-corrected chi connectivity index (χ3v) is 4.25. The van der Waals surface area contributed by atoms with Gasteiger partial charge in [-0.05, 0) is 30.5 Å². The molecule has 1 aromatic rings. The predicted octanol–water partition coefficient (Wildman–Crippen LogP) is 2.70. The first kappa shape index (κ1) is 16.8. The Morgan fingerprint density at radius 3 is 2.32 bits per heavy atom. The maximum atomic E-state index is 11.9. The summed E-state index contributed by atoms with van der Waals surface area (Å²) in [5, 5.41) is 6.39. The van der Waals surface area contributed by atoms with Gasteiger partial charge in [0.05, 0.1) is 6.42 Å². The van der Waals surface area contributed by atoms with Crippen molar-refractivity contribution in [2.45, 2.75) is 38.5 Å². The summed E-state index contributed by atoms with van der Waals surface area (Å²) in [6.07, 6.45) is 5.85. The molecule has 2 rings (SSSR count). The molecule has 1 fully saturated rings. The van der Waals surface area contributed by atoms with Crippen LogP contribution < -0.4 is 10.6 Å². The van der Waals surface area contributed by atoms with Gasteiger partial charge >= 0.3 is 0 Å². The van der Waals surface area contributed by atoms with E-state index in [4.69, 9.17) is 11.6 Å². The second-order valence-corrected chi connectivity index (χ2v) is 6.22. The number of hydrogen-bond acceptors (Lipinski definition) is 2. The molecule has 5 heteroatoms. The van der Waals surface area contributed by atoms with Crippen molar-refractivity contribution in [1.29, 1.82) is 0 Å². The van der Waals surface area contributed by atoms with Crippen LogP contribution in [-0.4, -0.2) is 24.9 Å². The molecule has 0 spiro atoms. The lowest BCUT2D eigenvalue weighted by molar-refractivity contribution is -0.126. The van der Waals surface area contributed by atoms with Gasteiger partial charge in [0.1, 0.15) is 0 Å². The Morgan fingerprint density at radius 1 is 1.00 bits per heavy atom. The highest BCUT2D eigenvalue weighted by atomic mass is 35.5. The largest absolute Gasteiger partial charge is 0.354 e. The van der Waals surface area contributed by atoms with Gasteiger partial charge in [0.15, 0.2) is 0 Å². The Labute approximate surface area is 136 Å². The van der Waals surface area contributed by atoms with Gasteiger partial charge in [-0.1, -0.05) is 43.0 Å². The second kappa shape index (κ2) is 8.79. The number of amides is 2. The fourth-order valence-electron chi connectivity index (χ4n) is 2.75. The number of carbonyl (C=O) groups is 2. The minimum Gasteiger partial charge on any atom is -0.354 e.